The fraction of sp³-hybridized carbons (Fsp3) is 0.400. The average Bonchev–Trinajstić information content (AvgIpc) is 2.87. The van der Waals surface area contributed by atoms with Crippen LogP contribution in [-0.2, 0) is 12.8 Å². The van der Waals surface area contributed by atoms with Crippen molar-refractivity contribution in [3.63, 3.8) is 0 Å². The minimum atomic E-state index is 0.736. The van der Waals surface area contributed by atoms with E-state index in [1.807, 2.05) is 18.3 Å². The quantitative estimate of drug-likeness (QED) is 0.915. The number of anilines is 1. The number of hydrogen-bond acceptors (Lipinski definition) is 4. The highest BCUT2D eigenvalue weighted by Gasteiger charge is 2.19. The van der Waals surface area contributed by atoms with Crippen LogP contribution in [-0.4, -0.2) is 21.5 Å². The molecular formula is C15H18N4. The highest BCUT2D eigenvalue weighted by atomic mass is 15.0. The lowest BCUT2D eigenvalue weighted by atomic mass is 10.2. The molecule has 1 aliphatic rings. The molecule has 0 saturated heterocycles. The first-order valence-electron chi connectivity index (χ1n) is 6.84. The van der Waals surface area contributed by atoms with Gasteiger partial charge in [0.25, 0.3) is 0 Å². The first-order chi connectivity index (χ1) is 9.28. The predicted molar refractivity (Wildman–Crippen MR) is 76.2 cm³/mol. The normalized spacial score (nSPS) is 13.4. The number of aryl methyl sites for hydroxylation is 2. The Hall–Kier alpha value is -1.97. The van der Waals surface area contributed by atoms with Gasteiger partial charge in [-0.25, -0.2) is 9.97 Å². The van der Waals surface area contributed by atoms with Crippen LogP contribution >= 0.6 is 0 Å². The van der Waals surface area contributed by atoms with Gasteiger partial charge in [0.1, 0.15) is 11.5 Å². The third kappa shape index (κ3) is 2.30. The van der Waals surface area contributed by atoms with Gasteiger partial charge in [0.2, 0.25) is 0 Å². The molecule has 0 bridgehead atoms. The number of aromatic nitrogens is 3. The van der Waals surface area contributed by atoms with Gasteiger partial charge in [-0.15, -0.1) is 0 Å². The molecule has 2 heterocycles. The summed E-state index contributed by atoms with van der Waals surface area (Å²) in [5.74, 6) is 1.73. The highest BCUT2D eigenvalue weighted by Crippen LogP contribution is 2.28. The largest absolute Gasteiger partial charge is 0.370 e. The fourth-order valence-corrected chi connectivity index (χ4v) is 2.52. The molecule has 19 heavy (non-hydrogen) atoms. The molecule has 3 rings (SSSR count). The Morgan fingerprint density at radius 1 is 1.26 bits per heavy atom. The number of hydrogen-bond donors (Lipinski definition) is 1. The van der Waals surface area contributed by atoms with E-state index in [9.17, 15) is 0 Å². The van der Waals surface area contributed by atoms with Crippen LogP contribution in [0.15, 0.2) is 18.3 Å². The Bertz CT molecular complexity index is 607. The zero-order chi connectivity index (χ0) is 13.2. The summed E-state index contributed by atoms with van der Waals surface area (Å²) in [6.45, 7) is 5.03. The second kappa shape index (κ2) is 4.96. The lowest BCUT2D eigenvalue weighted by Crippen LogP contribution is -2.07. The van der Waals surface area contributed by atoms with Gasteiger partial charge in [-0.3, -0.25) is 4.98 Å². The van der Waals surface area contributed by atoms with E-state index in [1.165, 1.54) is 23.2 Å². The Morgan fingerprint density at radius 3 is 2.95 bits per heavy atom. The Balaban J connectivity index is 2.10. The van der Waals surface area contributed by atoms with E-state index in [0.717, 1.165) is 36.7 Å². The van der Waals surface area contributed by atoms with Crippen molar-refractivity contribution in [1.82, 2.24) is 15.0 Å². The maximum Gasteiger partial charge on any atom is 0.180 e. The van der Waals surface area contributed by atoms with E-state index >= 15 is 0 Å². The van der Waals surface area contributed by atoms with Crippen molar-refractivity contribution in [3.8, 4) is 11.5 Å². The molecule has 2 aromatic heterocycles. The van der Waals surface area contributed by atoms with Gasteiger partial charge in [0, 0.05) is 24.0 Å². The molecule has 2 aromatic rings. The molecule has 0 saturated carbocycles. The van der Waals surface area contributed by atoms with Crippen molar-refractivity contribution in [2.45, 2.75) is 33.1 Å². The SMILES string of the molecule is CCNc1nc(-c2cc(C)ccn2)nc2c1CCC2. The lowest BCUT2D eigenvalue weighted by Gasteiger charge is -2.10. The number of pyridine rings is 1. The van der Waals surface area contributed by atoms with Crippen LogP contribution in [0, 0.1) is 6.92 Å². The Kier molecular flexibility index (Phi) is 3.15. The summed E-state index contributed by atoms with van der Waals surface area (Å²) in [5.41, 5.74) is 4.51. The van der Waals surface area contributed by atoms with Gasteiger partial charge in [-0.1, -0.05) is 0 Å². The molecule has 0 atom stereocenters. The van der Waals surface area contributed by atoms with Gasteiger partial charge >= 0.3 is 0 Å². The molecule has 0 spiro atoms. The lowest BCUT2D eigenvalue weighted by molar-refractivity contribution is 0.899. The summed E-state index contributed by atoms with van der Waals surface area (Å²) in [4.78, 5) is 13.7. The van der Waals surface area contributed by atoms with Gasteiger partial charge in [-0.2, -0.15) is 0 Å². The van der Waals surface area contributed by atoms with Crippen LogP contribution in [0.3, 0.4) is 0 Å². The topological polar surface area (TPSA) is 50.7 Å². The van der Waals surface area contributed by atoms with Crippen LogP contribution in [0.1, 0.15) is 30.2 Å². The number of nitrogens with one attached hydrogen (secondary N) is 1. The fourth-order valence-electron chi connectivity index (χ4n) is 2.52. The summed E-state index contributed by atoms with van der Waals surface area (Å²) in [7, 11) is 0. The monoisotopic (exact) mass is 254 g/mol. The van der Waals surface area contributed by atoms with Crippen molar-refractivity contribution < 1.29 is 0 Å². The van der Waals surface area contributed by atoms with Crippen LogP contribution in [0.2, 0.25) is 0 Å². The molecule has 0 aliphatic heterocycles. The van der Waals surface area contributed by atoms with E-state index in [4.69, 9.17) is 4.98 Å². The minimum absolute atomic E-state index is 0.736. The molecule has 4 heteroatoms. The van der Waals surface area contributed by atoms with Gasteiger partial charge < -0.3 is 5.32 Å². The minimum Gasteiger partial charge on any atom is -0.370 e. The molecule has 0 radical (unpaired) electrons. The van der Waals surface area contributed by atoms with Crippen LogP contribution < -0.4 is 5.32 Å². The molecule has 0 aromatic carbocycles. The molecule has 0 unspecified atom stereocenters. The molecule has 0 fully saturated rings. The van der Waals surface area contributed by atoms with E-state index in [2.05, 4.69) is 29.1 Å². The van der Waals surface area contributed by atoms with E-state index in [1.54, 1.807) is 0 Å². The van der Waals surface area contributed by atoms with E-state index < -0.39 is 0 Å². The van der Waals surface area contributed by atoms with Gasteiger partial charge in [0.05, 0.1) is 0 Å². The third-order valence-corrected chi connectivity index (χ3v) is 3.42. The smallest absolute Gasteiger partial charge is 0.180 e. The molecule has 0 amide bonds. The van der Waals surface area contributed by atoms with Crippen molar-refractivity contribution in [2.24, 2.45) is 0 Å². The van der Waals surface area contributed by atoms with Crippen molar-refractivity contribution in [1.29, 1.82) is 0 Å². The summed E-state index contributed by atoms with van der Waals surface area (Å²) in [6, 6.07) is 4.02. The summed E-state index contributed by atoms with van der Waals surface area (Å²) >= 11 is 0. The summed E-state index contributed by atoms with van der Waals surface area (Å²) in [6.07, 6.45) is 5.12. The molecule has 1 aliphatic carbocycles. The van der Waals surface area contributed by atoms with Gasteiger partial charge in [0.15, 0.2) is 5.82 Å². The second-order valence-corrected chi connectivity index (χ2v) is 4.92. The number of fused-ring (bicyclic) bond motifs is 1. The zero-order valence-corrected chi connectivity index (χ0v) is 11.4. The predicted octanol–water partition coefficient (Wildman–Crippen LogP) is 2.77. The highest BCUT2D eigenvalue weighted by molar-refractivity contribution is 5.58. The standard InChI is InChI=1S/C15H18N4/c1-3-16-14-11-5-4-6-12(11)18-15(19-14)13-9-10(2)7-8-17-13/h7-9H,3-6H2,1-2H3,(H,16,18,19). The summed E-state index contributed by atoms with van der Waals surface area (Å²) < 4.78 is 0. The molecule has 1 N–H and O–H groups in total. The van der Waals surface area contributed by atoms with Crippen LogP contribution in [0.4, 0.5) is 5.82 Å². The number of rotatable bonds is 3. The third-order valence-electron chi connectivity index (χ3n) is 3.42. The zero-order valence-electron chi connectivity index (χ0n) is 11.4. The van der Waals surface area contributed by atoms with Crippen molar-refractivity contribution in [2.75, 3.05) is 11.9 Å². The summed E-state index contributed by atoms with van der Waals surface area (Å²) in [5, 5.41) is 3.35. The molecule has 4 nitrogen and oxygen atoms in total. The van der Waals surface area contributed by atoms with Crippen LogP contribution in [0.25, 0.3) is 11.5 Å². The maximum atomic E-state index is 4.69. The average molecular weight is 254 g/mol. The van der Waals surface area contributed by atoms with E-state index in [0.29, 0.717) is 0 Å². The van der Waals surface area contributed by atoms with Gasteiger partial charge in [-0.05, 0) is 50.8 Å². The molecule has 98 valence electrons. The molecular weight excluding hydrogens is 236 g/mol. The first kappa shape index (κ1) is 12.1. The van der Waals surface area contributed by atoms with Crippen molar-refractivity contribution >= 4 is 5.82 Å². The number of nitrogens with zero attached hydrogens (tertiary/aromatic N) is 3. The second-order valence-electron chi connectivity index (χ2n) is 4.92. The van der Waals surface area contributed by atoms with Crippen LogP contribution in [0.5, 0.6) is 0 Å². The maximum absolute atomic E-state index is 4.69. The Labute approximate surface area is 113 Å². The van der Waals surface area contributed by atoms with E-state index in [-0.39, 0.29) is 0 Å². The Morgan fingerprint density at radius 2 is 2.16 bits per heavy atom. The van der Waals surface area contributed by atoms with Crippen molar-refractivity contribution in [3.05, 3.63) is 35.2 Å². The first-order valence-corrected chi connectivity index (χ1v) is 6.84.